The fourth-order valence-electron chi connectivity index (χ4n) is 7.31. The van der Waals surface area contributed by atoms with Gasteiger partial charge in [-0.3, -0.25) is 24.4 Å². The Morgan fingerprint density at radius 1 is 0.955 bits per heavy atom. The van der Waals surface area contributed by atoms with Crippen molar-refractivity contribution < 1.29 is 51.1 Å². The molecule has 4 aromatic carbocycles. The number of hydrazone groups is 1. The van der Waals surface area contributed by atoms with Crippen LogP contribution in [0.15, 0.2) is 101 Å². The lowest BCUT2D eigenvalue weighted by molar-refractivity contribution is -0.128. The zero-order chi connectivity index (χ0) is 47.9. The molecule has 354 valence electrons. The highest BCUT2D eigenvalue weighted by molar-refractivity contribution is 7.86. The minimum absolute atomic E-state index is 0.0488. The second-order valence-electron chi connectivity index (χ2n) is 15.8. The summed E-state index contributed by atoms with van der Waals surface area (Å²) in [5.74, 6) is 0.702. The molecule has 6 N–H and O–H groups in total. The number of halogens is 1. The van der Waals surface area contributed by atoms with Crippen LogP contribution in [0, 0.1) is 5.82 Å². The Bertz CT molecular complexity index is 2660. The molecule has 1 aliphatic heterocycles. The van der Waals surface area contributed by atoms with Crippen LogP contribution in [-0.2, 0) is 39.0 Å². The first-order chi connectivity index (χ1) is 32.2. The van der Waals surface area contributed by atoms with Crippen molar-refractivity contribution in [1.29, 1.82) is 0 Å². The van der Waals surface area contributed by atoms with Gasteiger partial charge in [0.15, 0.2) is 6.10 Å². The molecular weight excluding hydrogens is 884 g/mol. The van der Waals surface area contributed by atoms with Gasteiger partial charge in [-0.2, -0.15) is 13.5 Å². The fourth-order valence-corrected chi connectivity index (χ4v) is 7.98. The quantitative estimate of drug-likeness (QED) is 0.0183. The number of hydrogen-bond donors (Lipinski definition) is 6. The number of ether oxygens (including phenoxy) is 3. The van der Waals surface area contributed by atoms with E-state index in [9.17, 15) is 36.9 Å². The standard InChI is InChI=1S/C49H55FN6O10S/c1-4-10-38-41(64-25-9-26-65-43-28-40(57)39(27-32(43)5-2)33-13-18-37(50)19-14-33)20-15-34-16-21-42(66-46(34)38)49(60)52-24-8-23-51-47(58)31(3)55-48(59)36-17-22-45(53-29-36)56-54-30-35-11-6-7-12-44(35)67(61,62)63/h6-7,11-15,17-20,22,27-31,42,57H,4-5,8-10,16,21,23-26H2,1-3H3,(H,51,58)(H,52,60)(H,53,56)(H,55,59)(H,61,62,63)/b54-30+. The van der Waals surface area contributed by atoms with Crippen LogP contribution in [0.4, 0.5) is 10.2 Å². The normalized spacial score (nSPS) is 13.8. The molecule has 3 amide bonds. The summed E-state index contributed by atoms with van der Waals surface area (Å²) in [7, 11) is -4.44. The lowest BCUT2D eigenvalue weighted by Gasteiger charge is -2.28. The molecule has 0 fully saturated rings. The summed E-state index contributed by atoms with van der Waals surface area (Å²) in [5, 5.41) is 23.0. The zero-order valence-electron chi connectivity index (χ0n) is 37.5. The van der Waals surface area contributed by atoms with Gasteiger partial charge in [-0.25, -0.2) is 9.37 Å². The molecule has 1 aromatic heterocycles. The maximum Gasteiger partial charge on any atom is 0.295 e. The molecule has 0 bridgehead atoms. The van der Waals surface area contributed by atoms with Crippen molar-refractivity contribution >= 4 is 39.9 Å². The number of pyridine rings is 1. The van der Waals surface area contributed by atoms with E-state index in [1.807, 2.05) is 25.1 Å². The van der Waals surface area contributed by atoms with E-state index in [0.717, 1.165) is 23.1 Å². The number of fused-ring (bicyclic) bond motifs is 1. The highest BCUT2D eigenvalue weighted by Crippen LogP contribution is 2.39. The second-order valence-corrected chi connectivity index (χ2v) is 17.1. The van der Waals surface area contributed by atoms with Crippen molar-refractivity contribution in [2.75, 3.05) is 31.7 Å². The molecule has 1 aliphatic rings. The number of aromatic nitrogens is 1. The first kappa shape index (κ1) is 49.4. The van der Waals surface area contributed by atoms with Crippen LogP contribution >= 0.6 is 0 Å². The topological polar surface area (TPSA) is 227 Å². The maximum atomic E-state index is 13.5. The van der Waals surface area contributed by atoms with Crippen LogP contribution < -0.4 is 35.6 Å². The highest BCUT2D eigenvalue weighted by Gasteiger charge is 2.29. The predicted octanol–water partition coefficient (Wildman–Crippen LogP) is 6.78. The Balaban J connectivity index is 0.905. The predicted molar refractivity (Wildman–Crippen MR) is 251 cm³/mol. The average Bonchev–Trinajstić information content (AvgIpc) is 3.32. The number of rotatable bonds is 22. The molecular formula is C49H55FN6O10S. The van der Waals surface area contributed by atoms with Gasteiger partial charge < -0.3 is 35.3 Å². The van der Waals surface area contributed by atoms with Crippen molar-refractivity contribution in [3.05, 3.63) is 125 Å². The number of anilines is 1. The molecule has 67 heavy (non-hydrogen) atoms. The summed E-state index contributed by atoms with van der Waals surface area (Å²) >= 11 is 0. The molecule has 0 spiro atoms. The van der Waals surface area contributed by atoms with Crippen LogP contribution in [0.1, 0.15) is 79.1 Å². The zero-order valence-corrected chi connectivity index (χ0v) is 38.3. The first-order valence-corrected chi connectivity index (χ1v) is 23.6. The Kier molecular flexibility index (Phi) is 17.3. The average molecular weight is 939 g/mol. The molecule has 0 saturated carbocycles. The van der Waals surface area contributed by atoms with Gasteiger partial charge in [0.05, 0.1) is 25.0 Å². The number of carbonyl (C=O) groups excluding carboxylic acids is 3. The Morgan fingerprint density at radius 2 is 1.70 bits per heavy atom. The number of benzene rings is 4. The van der Waals surface area contributed by atoms with E-state index in [4.69, 9.17) is 14.2 Å². The van der Waals surface area contributed by atoms with E-state index >= 15 is 0 Å². The van der Waals surface area contributed by atoms with Crippen LogP contribution in [0.2, 0.25) is 0 Å². The molecule has 0 aliphatic carbocycles. The second kappa shape index (κ2) is 23.4. The van der Waals surface area contributed by atoms with Crippen molar-refractivity contribution in [2.24, 2.45) is 5.10 Å². The molecule has 18 heteroatoms. The number of aryl methyl sites for hydroxylation is 2. The first-order valence-electron chi connectivity index (χ1n) is 22.1. The van der Waals surface area contributed by atoms with Gasteiger partial charge in [0, 0.05) is 48.5 Å². The van der Waals surface area contributed by atoms with Gasteiger partial charge >= 0.3 is 0 Å². The number of nitrogens with zero attached hydrogens (tertiary/aromatic N) is 2. The van der Waals surface area contributed by atoms with Crippen LogP contribution in [0.25, 0.3) is 11.1 Å². The van der Waals surface area contributed by atoms with E-state index in [2.05, 4.69) is 38.4 Å². The summed E-state index contributed by atoms with van der Waals surface area (Å²) in [6, 6.07) is 21.2. The summed E-state index contributed by atoms with van der Waals surface area (Å²) in [4.78, 5) is 42.6. The van der Waals surface area contributed by atoms with Crippen LogP contribution in [-0.4, -0.2) is 85.4 Å². The van der Waals surface area contributed by atoms with Crippen molar-refractivity contribution in [3.63, 3.8) is 0 Å². The third kappa shape index (κ3) is 13.5. The summed E-state index contributed by atoms with van der Waals surface area (Å²) in [6.07, 6.45) is 6.18. The number of phenolic OH excluding ortho intramolecular Hbond substituents is 1. The number of phenols is 1. The van der Waals surface area contributed by atoms with E-state index in [1.165, 1.54) is 54.9 Å². The summed E-state index contributed by atoms with van der Waals surface area (Å²) < 4.78 is 64.7. The summed E-state index contributed by atoms with van der Waals surface area (Å²) in [6.45, 7) is 6.88. The lowest BCUT2D eigenvalue weighted by Crippen LogP contribution is -2.45. The van der Waals surface area contributed by atoms with E-state index in [0.29, 0.717) is 86.7 Å². The number of carbonyl (C=O) groups is 3. The Labute approximate surface area is 389 Å². The minimum atomic E-state index is -4.44. The van der Waals surface area contributed by atoms with E-state index < -0.39 is 34.1 Å². The van der Waals surface area contributed by atoms with Gasteiger partial charge in [-0.05, 0) is 98.2 Å². The van der Waals surface area contributed by atoms with Crippen LogP contribution in [0.3, 0.4) is 0 Å². The van der Waals surface area contributed by atoms with E-state index in [-0.39, 0.29) is 45.9 Å². The van der Waals surface area contributed by atoms with Gasteiger partial charge in [-0.15, -0.1) is 0 Å². The molecule has 0 saturated heterocycles. The minimum Gasteiger partial charge on any atom is -0.507 e. The van der Waals surface area contributed by atoms with Gasteiger partial charge in [-0.1, -0.05) is 56.7 Å². The van der Waals surface area contributed by atoms with Crippen molar-refractivity contribution in [2.45, 2.75) is 82.8 Å². The third-order valence-electron chi connectivity index (χ3n) is 10.8. The van der Waals surface area contributed by atoms with Crippen LogP contribution in [0.5, 0.6) is 23.0 Å². The molecule has 2 heterocycles. The Hall–Kier alpha value is -7.05. The molecule has 2 atom stereocenters. The molecule has 2 unspecified atom stereocenters. The number of aromatic hydroxyl groups is 1. The third-order valence-corrected chi connectivity index (χ3v) is 11.8. The van der Waals surface area contributed by atoms with Crippen molar-refractivity contribution in [1.82, 2.24) is 20.9 Å². The molecule has 0 radical (unpaired) electrons. The smallest absolute Gasteiger partial charge is 0.295 e. The Morgan fingerprint density at radius 3 is 2.42 bits per heavy atom. The van der Waals surface area contributed by atoms with Gasteiger partial charge in [0.1, 0.15) is 45.6 Å². The number of hydrogen-bond acceptors (Lipinski definition) is 12. The molecule has 6 rings (SSSR count). The van der Waals surface area contributed by atoms with Gasteiger partial charge in [0.2, 0.25) is 5.91 Å². The lowest BCUT2D eigenvalue weighted by atomic mass is 9.96. The highest BCUT2D eigenvalue weighted by atomic mass is 32.2. The molecule has 5 aromatic rings. The monoisotopic (exact) mass is 938 g/mol. The maximum absolute atomic E-state index is 13.5. The van der Waals surface area contributed by atoms with Gasteiger partial charge in [0.25, 0.3) is 21.9 Å². The summed E-state index contributed by atoms with van der Waals surface area (Å²) in [5.41, 5.74) is 7.13. The number of nitrogens with one attached hydrogen (secondary N) is 4. The SMILES string of the molecule is CCCc1c(OCCCOc2cc(O)c(-c3ccc(F)cc3)cc2CC)ccc2c1OC(C(=O)NCCCNC(=O)C(C)NC(=O)c1ccc(N/N=C/c3ccccc3S(=O)(=O)O)nc1)CC2. The number of amides is 3. The largest absolute Gasteiger partial charge is 0.507 e. The van der Waals surface area contributed by atoms with Crippen molar-refractivity contribution in [3.8, 4) is 34.1 Å². The van der Waals surface area contributed by atoms with E-state index in [1.54, 1.807) is 31.2 Å². The molecule has 16 nitrogen and oxygen atoms in total. The fraction of sp³-hybridized carbons (Fsp3) is 0.327.